The molecule has 1 aromatic heterocycles. The summed E-state index contributed by atoms with van der Waals surface area (Å²) in [5.41, 5.74) is 1.84. The Morgan fingerprint density at radius 1 is 1.04 bits per heavy atom. The van der Waals surface area contributed by atoms with Crippen LogP contribution in [0.1, 0.15) is 45.0 Å². The van der Waals surface area contributed by atoms with Crippen molar-refractivity contribution >= 4 is 39.9 Å². The summed E-state index contributed by atoms with van der Waals surface area (Å²) in [6.07, 6.45) is 1.44. The van der Waals surface area contributed by atoms with Gasteiger partial charge in [-0.05, 0) is 49.2 Å². The lowest BCUT2D eigenvalue weighted by Gasteiger charge is -2.24. The van der Waals surface area contributed by atoms with Crippen LogP contribution in [-0.2, 0) is 20.9 Å². The minimum Gasteiger partial charge on any atom is -0.507 e. The highest BCUT2D eigenvalue weighted by Crippen LogP contribution is 2.45. The Bertz CT molecular complexity index is 1810. The van der Waals surface area contributed by atoms with Gasteiger partial charge in [0.25, 0.3) is 5.78 Å². The van der Waals surface area contributed by atoms with Crippen LogP contribution in [0.3, 0.4) is 0 Å². The number of esters is 1. The summed E-state index contributed by atoms with van der Waals surface area (Å²) >= 11 is 0.910. The Morgan fingerprint density at radius 3 is 2.54 bits per heavy atom. The molecule has 1 atom stereocenters. The molecule has 0 radical (unpaired) electrons. The van der Waals surface area contributed by atoms with Crippen molar-refractivity contribution in [3.8, 4) is 17.2 Å². The molecule has 4 aromatic rings. The first kappa shape index (κ1) is 32.0. The molecule has 236 valence electrons. The third kappa shape index (κ3) is 6.50. The van der Waals surface area contributed by atoms with E-state index in [2.05, 4.69) is 11.6 Å². The molecule has 0 bridgehead atoms. The van der Waals surface area contributed by atoms with Crippen LogP contribution in [0.2, 0.25) is 0 Å². The summed E-state index contributed by atoms with van der Waals surface area (Å²) in [6, 6.07) is 20.1. The van der Waals surface area contributed by atoms with Crippen LogP contribution < -0.4 is 19.1 Å². The molecular formula is C35H32N2O8S. The number of methoxy groups -OCH3 is 1. The Kier molecular flexibility index (Phi) is 9.82. The minimum absolute atomic E-state index is 0.00465. The topological polar surface area (TPSA) is 124 Å². The van der Waals surface area contributed by atoms with E-state index in [0.717, 1.165) is 16.9 Å². The predicted molar refractivity (Wildman–Crippen MR) is 173 cm³/mol. The number of benzene rings is 3. The molecule has 11 heteroatoms. The predicted octanol–water partition coefficient (Wildman–Crippen LogP) is 6.41. The van der Waals surface area contributed by atoms with E-state index in [1.807, 2.05) is 37.3 Å². The second kappa shape index (κ2) is 14.1. The van der Waals surface area contributed by atoms with Gasteiger partial charge >= 0.3 is 11.9 Å². The number of ketones is 1. The van der Waals surface area contributed by atoms with Crippen molar-refractivity contribution in [2.75, 3.05) is 25.2 Å². The number of aromatic nitrogens is 1. The Hall–Kier alpha value is -5.42. The number of amides is 1. The van der Waals surface area contributed by atoms with Gasteiger partial charge < -0.3 is 24.1 Å². The van der Waals surface area contributed by atoms with Crippen LogP contribution in [-0.4, -0.2) is 48.1 Å². The second-order valence-corrected chi connectivity index (χ2v) is 11.1. The number of anilines is 1. The lowest BCUT2D eigenvalue weighted by Crippen LogP contribution is -2.29. The standard InChI is InChI=1S/C35H32N2O8S/c1-5-17-44-34(41)32-21(3)36-35(46-32)37-29(23-15-16-26(27(19-23)42-4)45-20-22-11-8-7-9-12-22)28(31(39)33(37)40)30(38)24-13-10-14-25(18-24)43-6-2/h5,7-16,18-19,29,38H,1,6,17,20H2,2-4H3. The quantitative estimate of drug-likeness (QED) is 0.0615. The SMILES string of the molecule is C=CCOC(=O)c1sc(N2C(=O)C(=O)C(=C(O)c3cccc(OCC)c3)C2c2ccc(OCc3ccccc3)c(OC)c2)nc1C. The highest BCUT2D eigenvalue weighted by molar-refractivity contribution is 7.17. The number of aliphatic hydroxyl groups is 1. The highest BCUT2D eigenvalue weighted by Gasteiger charge is 2.48. The van der Waals surface area contributed by atoms with Gasteiger partial charge in [0.05, 0.1) is 31.0 Å². The van der Waals surface area contributed by atoms with E-state index < -0.39 is 29.5 Å². The molecule has 1 fully saturated rings. The smallest absolute Gasteiger partial charge is 0.350 e. The highest BCUT2D eigenvalue weighted by atomic mass is 32.1. The monoisotopic (exact) mass is 640 g/mol. The maximum Gasteiger partial charge on any atom is 0.350 e. The second-order valence-electron chi connectivity index (χ2n) is 10.1. The van der Waals surface area contributed by atoms with E-state index in [4.69, 9.17) is 18.9 Å². The van der Waals surface area contributed by atoms with Crippen LogP contribution in [0, 0.1) is 6.92 Å². The molecule has 10 nitrogen and oxygen atoms in total. The van der Waals surface area contributed by atoms with E-state index in [9.17, 15) is 19.5 Å². The molecule has 3 aromatic carbocycles. The number of hydrogen-bond donors (Lipinski definition) is 1. The fourth-order valence-corrected chi connectivity index (χ4v) is 5.97. The van der Waals surface area contributed by atoms with Crippen molar-refractivity contribution < 1.29 is 38.4 Å². The number of Topliss-reactive ketones (excluding diaryl/α,β-unsaturated/α-hetero) is 1. The van der Waals surface area contributed by atoms with Crippen LogP contribution in [0.5, 0.6) is 17.2 Å². The average Bonchev–Trinajstić information content (AvgIpc) is 3.58. The fraction of sp³-hybridized carbons (Fsp3) is 0.200. The van der Waals surface area contributed by atoms with E-state index in [-0.39, 0.29) is 34.4 Å². The summed E-state index contributed by atoms with van der Waals surface area (Å²) in [6.45, 7) is 7.67. The number of carbonyl (C=O) groups is 3. The Labute approximate surface area is 270 Å². The van der Waals surface area contributed by atoms with E-state index in [0.29, 0.717) is 35.1 Å². The zero-order chi connectivity index (χ0) is 32.8. The van der Waals surface area contributed by atoms with Crippen molar-refractivity contribution in [3.05, 3.63) is 118 Å². The molecule has 1 unspecified atom stereocenters. The van der Waals surface area contributed by atoms with Gasteiger partial charge in [0.1, 0.15) is 29.6 Å². The molecule has 1 aliphatic heterocycles. The number of aryl methyl sites for hydroxylation is 1. The van der Waals surface area contributed by atoms with Gasteiger partial charge in [-0.25, -0.2) is 9.78 Å². The van der Waals surface area contributed by atoms with Crippen LogP contribution in [0.4, 0.5) is 5.13 Å². The zero-order valence-electron chi connectivity index (χ0n) is 25.5. The first-order valence-corrected chi connectivity index (χ1v) is 15.2. The molecule has 1 amide bonds. The molecule has 1 N–H and O–H groups in total. The van der Waals surface area contributed by atoms with Crippen molar-refractivity contribution in [2.45, 2.75) is 26.5 Å². The number of aliphatic hydroxyl groups excluding tert-OH is 1. The fourth-order valence-electron chi connectivity index (χ4n) is 4.98. The van der Waals surface area contributed by atoms with Crippen LogP contribution in [0.25, 0.3) is 5.76 Å². The number of thiazole rings is 1. The summed E-state index contributed by atoms with van der Waals surface area (Å²) < 4.78 is 22.5. The van der Waals surface area contributed by atoms with E-state index >= 15 is 0 Å². The lowest BCUT2D eigenvalue weighted by atomic mass is 9.95. The molecule has 0 saturated carbocycles. The van der Waals surface area contributed by atoms with Crippen molar-refractivity contribution in [3.63, 3.8) is 0 Å². The van der Waals surface area contributed by atoms with Gasteiger partial charge in [-0.2, -0.15) is 0 Å². The maximum absolute atomic E-state index is 13.7. The van der Waals surface area contributed by atoms with Gasteiger partial charge in [0.15, 0.2) is 16.6 Å². The molecule has 2 heterocycles. The molecular weight excluding hydrogens is 608 g/mol. The van der Waals surface area contributed by atoms with E-state index in [1.54, 1.807) is 49.4 Å². The molecule has 1 saturated heterocycles. The molecule has 5 rings (SSSR count). The van der Waals surface area contributed by atoms with Gasteiger partial charge in [0.2, 0.25) is 0 Å². The van der Waals surface area contributed by atoms with Crippen molar-refractivity contribution in [1.82, 2.24) is 4.98 Å². The van der Waals surface area contributed by atoms with Gasteiger partial charge in [-0.1, -0.05) is 72.5 Å². The summed E-state index contributed by atoms with van der Waals surface area (Å²) in [5.74, 6) is -1.60. The summed E-state index contributed by atoms with van der Waals surface area (Å²) in [5, 5.41) is 11.7. The van der Waals surface area contributed by atoms with Gasteiger partial charge in [0, 0.05) is 5.56 Å². The average molecular weight is 641 g/mol. The first-order valence-electron chi connectivity index (χ1n) is 14.4. The maximum atomic E-state index is 13.7. The first-order chi connectivity index (χ1) is 22.3. The number of carbonyl (C=O) groups excluding carboxylic acids is 3. The number of nitrogens with zero attached hydrogens (tertiary/aromatic N) is 2. The minimum atomic E-state index is -1.13. The normalized spacial score (nSPS) is 15.5. The van der Waals surface area contributed by atoms with E-state index in [1.165, 1.54) is 18.1 Å². The third-order valence-electron chi connectivity index (χ3n) is 7.11. The third-order valence-corrected chi connectivity index (χ3v) is 8.25. The van der Waals surface area contributed by atoms with Crippen LogP contribution >= 0.6 is 11.3 Å². The van der Waals surface area contributed by atoms with Crippen LogP contribution in [0.15, 0.2) is 91.0 Å². The number of rotatable bonds is 12. The molecule has 46 heavy (non-hydrogen) atoms. The number of hydrogen-bond acceptors (Lipinski definition) is 10. The summed E-state index contributed by atoms with van der Waals surface area (Å²) in [4.78, 5) is 46.0. The molecule has 0 spiro atoms. The van der Waals surface area contributed by atoms with Crippen molar-refractivity contribution in [2.24, 2.45) is 0 Å². The Morgan fingerprint density at radius 2 is 1.83 bits per heavy atom. The van der Waals surface area contributed by atoms with Crippen molar-refractivity contribution in [1.29, 1.82) is 0 Å². The van der Waals surface area contributed by atoms with Gasteiger partial charge in [-0.3, -0.25) is 14.5 Å². The largest absolute Gasteiger partial charge is 0.507 e. The zero-order valence-corrected chi connectivity index (χ0v) is 26.3. The van der Waals surface area contributed by atoms with Gasteiger partial charge in [-0.15, -0.1) is 0 Å². The molecule has 1 aliphatic rings. The Balaban J connectivity index is 1.63. The lowest BCUT2D eigenvalue weighted by molar-refractivity contribution is -0.132. The molecule has 0 aliphatic carbocycles. The number of ether oxygens (including phenoxy) is 4. The summed E-state index contributed by atoms with van der Waals surface area (Å²) in [7, 11) is 1.48.